The molecule has 4 amide bonds. The van der Waals surface area contributed by atoms with Crippen LogP contribution in [0, 0.1) is 13.8 Å². The Morgan fingerprint density at radius 3 is 2.23 bits per heavy atom. The van der Waals surface area contributed by atoms with Crippen molar-refractivity contribution in [2.75, 3.05) is 18.0 Å². The maximum absolute atomic E-state index is 13.2. The fourth-order valence-corrected chi connectivity index (χ4v) is 6.68. The Bertz CT molecular complexity index is 1700. The van der Waals surface area contributed by atoms with E-state index in [-0.39, 0.29) is 37.3 Å². The Labute approximate surface area is 251 Å². The predicted molar refractivity (Wildman–Crippen MR) is 155 cm³/mol. The summed E-state index contributed by atoms with van der Waals surface area (Å²) < 4.78 is 69.6. The van der Waals surface area contributed by atoms with Gasteiger partial charge in [0.2, 0.25) is 10.0 Å². The molecule has 3 aliphatic rings. The van der Waals surface area contributed by atoms with E-state index in [1.54, 1.807) is 39.8 Å². The highest BCUT2D eigenvalue weighted by Crippen LogP contribution is 2.34. The van der Waals surface area contributed by atoms with Crippen LogP contribution in [-0.2, 0) is 19.6 Å². The van der Waals surface area contributed by atoms with Gasteiger partial charge < -0.3 is 15.4 Å². The molecule has 234 valence electrons. The molecular weight excluding hydrogens is 603 g/mol. The van der Waals surface area contributed by atoms with Crippen LogP contribution in [0.2, 0.25) is 0 Å². The number of halogens is 3. The highest BCUT2D eigenvalue weighted by molar-refractivity contribution is 7.92. The molecule has 3 aliphatic heterocycles. The summed E-state index contributed by atoms with van der Waals surface area (Å²) in [7, 11) is -3.91. The van der Waals surface area contributed by atoms with E-state index in [1.165, 1.54) is 22.5 Å². The van der Waals surface area contributed by atoms with Crippen LogP contribution in [0.4, 0.5) is 23.7 Å². The standard InChI is InChI=1S/C29H30F3N5O6S/c1-17-14-20(37-25(39)27(3,4)35-26(37)40)15-18(2)22(17)8-13-44(41,42)36-11-9-28(10-12-36)24(38)33-23(34-28)19-6-5-7-21(16-19)43-29(30,31)32/h5-8,13-16H,9-12H2,1-4H3,(H,35,40)(H,33,34,38). The molecule has 15 heteroatoms. The van der Waals surface area contributed by atoms with Gasteiger partial charge in [0, 0.05) is 24.1 Å². The number of aryl methyl sites for hydroxylation is 2. The molecule has 0 unspecified atom stereocenters. The van der Waals surface area contributed by atoms with E-state index in [0.29, 0.717) is 22.4 Å². The number of imide groups is 1. The minimum atomic E-state index is -4.88. The quantitative estimate of drug-likeness (QED) is 0.465. The minimum absolute atomic E-state index is 0.00698. The maximum Gasteiger partial charge on any atom is 0.573 e. The molecule has 0 saturated carbocycles. The number of sulfonamides is 1. The summed E-state index contributed by atoms with van der Waals surface area (Å²) in [6.45, 7) is 6.70. The highest BCUT2D eigenvalue weighted by Gasteiger charge is 2.48. The van der Waals surface area contributed by atoms with Gasteiger partial charge in [-0.1, -0.05) is 12.1 Å². The Balaban J connectivity index is 1.29. The topological polar surface area (TPSA) is 137 Å². The van der Waals surface area contributed by atoms with Crippen LogP contribution < -0.4 is 20.3 Å². The van der Waals surface area contributed by atoms with Crippen LogP contribution in [0.5, 0.6) is 5.75 Å². The number of amides is 4. The van der Waals surface area contributed by atoms with Gasteiger partial charge in [0.05, 0.1) is 5.69 Å². The molecular formula is C29H30F3N5O6S. The van der Waals surface area contributed by atoms with Crippen molar-refractivity contribution < 1.29 is 40.7 Å². The number of hydrogen-bond acceptors (Lipinski definition) is 7. The van der Waals surface area contributed by atoms with Crippen LogP contribution in [-0.4, -0.2) is 66.9 Å². The number of anilines is 1. The zero-order valence-electron chi connectivity index (χ0n) is 24.3. The van der Waals surface area contributed by atoms with E-state index in [2.05, 4.69) is 20.4 Å². The molecule has 0 aliphatic carbocycles. The van der Waals surface area contributed by atoms with Crippen molar-refractivity contribution in [1.29, 1.82) is 0 Å². The van der Waals surface area contributed by atoms with E-state index in [0.717, 1.165) is 22.4 Å². The number of ether oxygens (including phenoxy) is 1. The molecule has 2 aromatic carbocycles. The molecule has 0 aromatic heterocycles. The SMILES string of the molecule is Cc1cc(N2C(=O)NC(C)(C)C2=O)cc(C)c1C=CS(=O)(=O)N1CCC2(CC1)N=C(c1cccc(OC(F)(F)F)c1)NC2=O. The van der Waals surface area contributed by atoms with Crippen LogP contribution in [0.15, 0.2) is 46.8 Å². The van der Waals surface area contributed by atoms with Crippen LogP contribution in [0.3, 0.4) is 0 Å². The Hall–Kier alpha value is -4.24. The third-order valence-corrected chi connectivity index (χ3v) is 9.40. The van der Waals surface area contributed by atoms with Crippen LogP contribution in [0.1, 0.15) is 48.9 Å². The third kappa shape index (κ3) is 5.93. The van der Waals surface area contributed by atoms with Gasteiger partial charge in [-0.05, 0) is 87.6 Å². The summed E-state index contributed by atoms with van der Waals surface area (Å²) >= 11 is 0. The largest absolute Gasteiger partial charge is 0.573 e. The molecule has 2 aromatic rings. The average Bonchev–Trinajstić information content (AvgIpc) is 3.33. The van der Waals surface area contributed by atoms with Crippen molar-refractivity contribution in [1.82, 2.24) is 14.9 Å². The van der Waals surface area contributed by atoms with E-state index in [4.69, 9.17) is 0 Å². The predicted octanol–water partition coefficient (Wildman–Crippen LogP) is 3.75. The first-order valence-electron chi connectivity index (χ1n) is 13.6. The lowest BCUT2D eigenvalue weighted by Crippen LogP contribution is -2.50. The van der Waals surface area contributed by atoms with E-state index in [9.17, 15) is 36.0 Å². The third-order valence-electron chi connectivity index (χ3n) is 7.83. The summed E-state index contributed by atoms with van der Waals surface area (Å²) in [4.78, 5) is 43.6. The van der Waals surface area contributed by atoms with Crippen LogP contribution >= 0.6 is 0 Å². The number of urea groups is 1. The van der Waals surface area contributed by atoms with Gasteiger partial charge in [0.1, 0.15) is 22.7 Å². The average molecular weight is 634 g/mol. The van der Waals surface area contributed by atoms with Crippen LogP contribution in [0.25, 0.3) is 6.08 Å². The molecule has 1 spiro atoms. The van der Waals surface area contributed by atoms with Gasteiger partial charge in [0.25, 0.3) is 11.8 Å². The number of alkyl halides is 3. The first-order valence-corrected chi connectivity index (χ1v) is 15.1. The molecule has 0 radical (unpaired) electrons. The number of benzene rings is 2. The zero-order valence-corrected chi connectivity index (χ0v) is 25.1. The fourth-order valence-electron chi connectivity index (χ4n) is 5.51. The first-order chi connectivity index (χ1) is 20.4. The molecule has 2 N–H and O–H groups in total. The molecule has 3 heterocycles. The maximum atomic E-state index is 13.2. The van der Waals surface area contributed by atoms with Crippen molar-refractivity contribution >= 4 is 45.5 Å². The number of nitrogens with zero attached hydrogens (tertiary/aromatic N) is 3. The number of piperidine rings is 1. The lowest BCUT2D eigenvalue weighted by Gasteiger charge is -2.34. The molecule has 44 heavy (non-hydrogen) atoms. The monoisotopic (exact) mass is 633 g/mol. The molecule has 5 rings (SSSR count). The van der Waals surface area contributed by atoms with Crippen molar-refractivity contribution in [2.45, 2.75) is 58.0 Å². The first kappa shape index (κ1) is 31.2. The number of hydrogen-bond donors (Lipinski definition) is 2. The van der Waals surface area contributed by atoms with Gasteiger partial charge >= 0.3 is 12.4 Å². The Morgan fingerprint density at radius 2 is 1.66 bits per heavy atom. The molecule has 11 nitrogen and oxygen atoms in total. The summed E-state index contributed by atoms with van der Waals surface area (Å²) in [5.41, 5.74) is 0.240. The van der Waals surface area contributed by atoms with Gasteiger partial charge in [0.15, 0.2) is 0 Å². The molecule has 2 saturated heterocycles. The second-order valence-corrected chi connectivity index (χ2v) is 13.3. The summed E-state index contributed by atoms with van der Waals surface area (Å²) in [5.74, 6) is -1.22. The Kier molecular flexibility index (Phi) is 7.61. The smallest absolute Gasteiger partial charge is 0.406 e. The van der Waals surface area contributed by atoms with Gasteiger partial charge in [-0.25, -0.2) is 18.1 Å². The highest BCUT2D eigenvalue weighted by atomic mass is 32.2. The van der Waals surface area contributed by atoms with E-state index < -0.39 is 51.1 Å². The van der Waals surface area contributed by atoms with Crippen molar-refractivity contribution in [3.8, 4) is 5.75 Å². The number of carbonyl (C=O) groups is 3. The van der Waals surface area contributed by atoms with E-state index in [1.807, 2.05) is 0 Å². The van der Waals surface area contributed by atoms with Gasteiger partial charge in [-0.3, -0.25) is 14.6 Å². The van der Waals surface area contributed by atoms with Gasteiger partial charge in [-0.2, -0.15) is 4.31 Å². The van der Waals surface area contributed by atoms with Crippen molar-refractivity contribution in [3.05, 3.63) is 64.1 Å². The number of carbonyl (C=O) groups excluding carboxylic acids is 3. The zero-order chi connectivity index (χ0) is 32.2. The second-order valence-electron chi connectivity index (χ2n) is 11.5. The lowest BCUT2D eigenvalue weighted by atomic mass is 9.89. The minimum Gasteiger partial charge on any atom is -0.406 e. The normalized spacial score (nSPS) is 20.3. The number of rotatable bonds is 6. The molecule has 0 atom stereocenters. The summed E-state index contributed by atoms with van der Waals surface area (Å²) in [6, 6.07) is 7.82. The van der Waals surface area contributed by atoms with E-state index >= 15 is 0 Å². The number of nitrogens with one attached hydrogen (secondary N) is 2. The number of amidine groups is 1. The Morgan fingerprint density at radius 1 is 1.02 bits per heavy atom. The summed E-state index contributed by atoms with van der Waals surface area (Å²) in [5, 5.41) is 6.32. The number of aliphatic imine (C=N–C) groups is 1. The second kappa shape index (κ2) is 10.7. The fraction of sp³-hybridized carbons (Fsp3) is 0.379. The molecule has 0 bridgehead atoms. The summed E-state index contributed by atoms with van der Waals surface area (Å²) in [6.07, 6.45) is -3.28. The van der Waals surface area contributed by atoms with Crippen molar-refractivity contribution in [2.24, 2.45) is 4.99 Å². The molecule has 2 fully saturated rings. The lowest BCUT2D eigenvalue weighted by molar-refractivity contribution is -0.274. The van der Waals surface area contributed by atoms with Crippen molar-refractivity contribution in [3.63, 3.8) is 0 Å². The van der Waals surface area contributed by atoms with Gasteiger partial charge in [-0.15, -0.1) is 13.2 Å².